The van der Waals surface area contributed by atoms with Gasteiger partial charge in [-0.15, -0.1) is 0 Å². The van der Waals surface area contributed by atoms with Crippen molar-refractivity contribution in [2.75, 3.05) is 45.8 Å². The van der Waals surface area contributed by atoms with Gasteiger partial charge in [0, 0.05) is 51.7 Å². The first-order valence-electron chi connectivity index (χ1n) is 7.83. The van der Waals surface area contributed by atoms with Gasteiger partial charge in [0.25, 0.3) is 0 Å². The number of hydrogen-bond donors (Lipinski definition) is 3. The summed E-state index contributed by atoms with van der Waals surface area (Å²) in [6, 6.07) is 0. The van der Waals surface area contributed by atoms with E-state index in [1.165, 1.54) is 0 Å². The Morgan fingerprint density at radius 2 is 1.60 bits per heavy atom. The van der Waals surface area contributed by atoms with E-state index >= 15 is 0 Å². The molecule has 5 heteroatoms. The van der Waals surface area contributed by atoms with Gasteiger partial charge in [0.2, 0.25) is 0 Å². The Labute approximate surface area is 123 Å². The molecule has 1 saturated heterocycles. The van der Waals surface area contributed by atoms with E-state index in [0.29, 0.717) is 6.54 Å². The lowest BCUT2D eigenvalue weighted by atomic mass is 9.79. The summed E-state index contributed by atoms with van der Waals surface area (Å²) in [6.45, 7) is 13.2. The number of nitrogens with one attached hydrogen (secondary N) is 2. The van der Waals surface area contributed by atoms with Gasteiger partial charge in [-0.3, -0.25) is 4.90 Å². The van der Waals surface area contributed by atoms with Gasteiger partial charge < -0.3 is 15.7 Å². The van der Waals surface area contributed by atoms with Crippen LogP contribution in [0, 0.1) is 11.8 Å². The van der Waals surface area contributed by atoms with Gasteiger partial charge >= 0.3 is 0 Å². The van der Waals surface area contributed by atoms with Crippen LogP contribution in [0.1, 0.15) is 27.7 Å². The molecule has 120 valence electrons. The third kappa shape index (κ3) is 6.04. The van der Waals surface area contributed by atoms with Crippen molar-refractivity contribution < 1.29 is 9.50 Å². The smallest absolute Gasteiger partial charge is 0.111 e. The van der Waals surface area contributed by atoms with Crippen LogP contribution in [-0.2, 0) is 0 Å². The highest BCUT2D eigenvalue weighted by molar-refractivity contribution is 4.87. The van der Waals surface area contributed by atoms with Crippen LogP contribution < -0.4 is 10.6 Å². The monoisotopic (exact) mass is 289 g/mol. The van der Waals surface area contributed by atoms with E-state index in [1.807, 2.05) is 13.8 Å². The molecule has 1 rings (SSSR count). The number of nitrogens with zero attached hydrogens (tertiary/aromatic N) is 1. The van der Waals surface area contributed by atoms with Crippen LogP contribution in [0.4, 0.5) is 4.39 Å². The summed E-state index contributed by atoms with van der Waals surface area (Å²) in [6.07, 6.45) is -0.629. The van der Waals surface area contributed by atoms with Crippen molar-refractivity contribution in [2.45, 2.75) is 39.5 Å². The lowest BCUT2D eigenvalue weighted by molar-refractivity contribution is -0.0311. The largest absolute Gasteiger partial charge is 0.391 e. The molecule has 20 heavy (non-hydrogen) atoms. The first kappa shape index (κ1) is 17.8. The molecule has 1 aliphatic rings. The minimum absolute atomic E-state index is 0.124. The van der Waals surface area contributed by atoms with Crippen LogP contribution in [-0.4, -0.2) is 67.6 Å². The zero-order chi connectivity index (χ0) is 15.2. The summed E-state index contributed by atoms with van der Waals surface area (Å²) in [4.78, 5) is 2.22. The van der Waals surface area contributed by atoms with Gasteiger partial charge in [-0.2, -0.15) is 0 Å². The van der Waals surface area contributed by atoms with E-state index in [0.717, 1.165) is 39.3 Å². The molecule has 1 fully saturated rings. The summed E-state index contributed by atoms with van der Waals surface area (Å²) in [5, 5.41) is 17.2. The van der Waals surface area contributed by atoms with Crippen LogP contribution in [0.3, 0.4) is 0 Å². The quantitative estimate of drug-likeness (QED) is 0.703. The molecule has 0 radical (unpaired) electrons. The Bertz CT molecular complexity index is 258. The molecule has 3 N–H and O–H groups in total. The molecule has 0 spiro atoms. The molecular weight excluding hydrogens is 257 g/mol. The number of aliphatic hydroxyl groups excluding tert-OH is 1. The second kappa shape index (κ2) is 8.27. The van der Waals surface area contributed by atoms with Gasteiger partial charge in [-0.1, -0.05) is 13.8 Å². The molecule has 2 unspecified atom stereocenters. The highest BCUT2D eigenvalue weighted by Gasteiger charge is 2.37. The van der Waals surface area contributed by atoms with Crippen molar-refractivity contribution in [3.05, 3.63) is 0 Å². The first-order chi connectivity index (χ1) is 9.32. The number of halogens is 1. The van der Waals surface area contributed by atoms with Crippen molar-refractivity contribution in [1.82, 2.24) is 15.5 Å². The second-order valence-corrected chi connectivity index (χ2v) is 6.70. The Morgan fingerprint density at radius 1 is 1.10 bits per heavy atom. The van der Waals surface area contributed by atoms with Crippen LogP contribution in [0.2, 0.25) is 0 Å². The highest BCUT2D eigenvalue weighted by Crippen LogP contribution is 2.31. The lowest BCUT2D eigenvalue weighted by Crippen LogP contribution is -2.47. The number of aliphatic hydroxyl groups is 1. The minimum Gasteiger partial charge on any atom is -0.391 e. The predicted octanol–water partition coefficient (Wildman–Crippen LogP) is 0.862. The molecular formula is C15H32FN3O. The normalized spacial score (nSPS) is 22.9. The van der Waals surface area contributed by atoms with Crippen LogP contribution in [0.25, 0.3) is 0 Å². The molecule has 1 aliphatic heterocycles. The number of rotatable bonds is 5. The fourth-order valence-corrected chi connectivity index (χ4v) is 3.27. The summed E-state index contributed by atoms with van der Waals surface area (Å²) < 4.78 is 14.3. The maximum Gasteiger partial charge on any atom is 0.111 e. The zero-order valence-corrected chi connectivity index (χ0v) is 13.5. The third-order valence-electron chi connectivity index (χ3n) is 4.06. The number of β-amino-alcohol motifs (C(OH)–C–C–N with tert-alkyl or cyclic N) is 1. The topological polar surface area (TPSA) is 47.5 Å². The standard InChI is InChI=1S/C15H32FN3O/c1-12(2)14(15(3,4)16)13(20)11-19-9-7-17-5-6-18-8-10-19/h12-14,17-18,20H,5-11H2,1-4H3. The Morgan fingerprint density at radius 3 is 2.00 bits per heavy atom. The van der Waals surface area contributed by atoms with Gasteiger partial charge in [-0.05, 0) is 19.8 Å². The molecule has 0 saturated carbocycles. The molecule has 0 amide bonds. The number of hydrogen-bond acceptors (Lipinski definition) is 4. The van der Waals surface area contributed by atoms with E-state index in [1.54, 1.807) is 13.8 Å². The first-order valence-corrected chi connectivity index (χ1v) is 7.83. The van der Waals surface area contributed by atoms with Crippen LogP contribution in [0.5, 0.6) is 0 Å². The molecule has 0 aromatic rings. The van der Waals surface area contributed by atoms with Crippen molar-refractivity contribution >= 4 is 0 Å². The summed E-state index contributed by atoms with van der Waals surface area (Å²) in [5.74, 6) is -0.213. The van der Waals surface area contributed by atoms with Gasteiger partial charge in [-0.25, -0.2) is 4.39 Å². The molecule has 1 heterocycles. The van der Waals surface area contributed by atoms with E-state index in [4.69, 9.17) is 0 Å². The SMILES string of the molecule is CC(C)C(C(O)CN1CCNCCNCC1)C(C)(C)F. The summed E-state index contributed by atoms with van der Waals surface area (Å²) >= 11 is 0. The van der Waals surface area contributed by atoms with Crippen LogP contribution >= 0.6 is 0 Å². The van der Waals surface area contributed by atoms with E-state index in [2.05, 4.69) is 15.5 Å². The maximum absolute atomic E-state index is 14.3. The average Bonchev–Trinajstić information content (AvgIpc) is 2.40. The van der Waals surface area contributed by atoms with Crippen molar-refractivity contribution in [2.24, 2.45) is 11.8 Å². The van der Waals surface area contributed by atoms with Gasteiger partial charge in [0.1, 0.15) is 5.67 Å². The molecule has 4 nitrogen and oxygen atoms in total. The molecule has 0 aromatic carbocycles. The minimum atomic E-state index is -1.36. The fraction of sp³-hybridized carbons (Fsp3) is 1.00. The summed E-state index contributed by atoms with van der Waals surface area (Å²) in [5.41, 5.74) is -1.36. The van der Waals surface area contributed by atoms with E-state index in [9.17, 15) is 9.50 Å². The van der Waals surface area contributed by atoms with Crippen molar-refractivity contribution in [3.8, 4) is 0 Å². The average molecular weight is 289 g/mol. The van der Waals surface area contributed by atoms with Crippen molar-refractivity contribution in [3.63, 3.8) is 0 Å². The van der Waals surface area contributed by atoms with Gasteiger partial charge in [0.05, 0.1) is 6.10 Å². The maximum atomic E-state index is 14.3. The predicted molar refractivity (Wildman–Crippen MR) is 81.7 cm³/mol. The van der Waals surface area contributed by atoms with Crippen molar-refractivity contribution in [1.29, 1.82) is 0 Å². The molecule has 0 aliphatic carbocycles. The molecule has 2 atom stereocenters. The van der Waals surface area contributed by atoms with E-state index in [-0.39, 0.29) is 11.8 Å². The Kier molecular flexibility index (Phi) is 7.37. The van der Waals surface area contributed by atoms with Crippen LogP contribution in [0.15, 0.2) is 0 Å². The Hall–Kier alpha value is -0.230. The highest BCUT2D eigenvalue weighted by atomic mass is 19.1. The Balaban J connectivity index is 2.58. The van der Waals surface area contributed by atoms with E-state index < -0.39 is 11.8 Å². The molecule has 0 aromatic heterocycles. The summed E-state index contributed by atoms with van der Waals surface area (Å²) in [7, 11) is 0. The fourth-order valence-electron chi connectivity index (χ4n) is 3.27. The number of alkyl halides is 1. The van der Waals surface area contributed by atoms with Gasteiger partial charge in [0.15, 0.2) is 0 Å². The zero-order valence-electron chi connectivity index (χ0n) is 13.5. The lowest BCUT2D eigenvalue weighted by Gasteiger charge is -2.36. The second-order valence-electron chi connectivity index (χ2n) is 6.70. The third-order valence-corrected chi connectivity index (χ3v) is 4.06. The molecule has 0 bridgehead atoms.